The third-order valence-electron chi connectivity index (χ3n) is 11.7. The molecule has 8 rings (SSSR count). The number of phenolic OH excluding ortho intramolecular Hbond substituents is 4. The highest BCUT2D eigenvalue weighted by Crippen LogP contribution is 2.41. The van der Waals surface area contributed by atoms with Crippen molar-refractivity contribution < 1.29 is 42.5 Å². The monoisotopic (exact) mass is 806 g/mol. The van der Waals surface area contributed by atoms with Crippen LogP contribution >= 0.6 is 0 Å². The molecule has 6 aromatic rings. The minimum Gasteiger partial charge on any atom is -0.507 e. The topological polar surface area (TPSA) is 142 Å². The molecule has 8 bridgehead atoms. The Hall–Kier alpha value is -6.49. The molecule has 2 heterocycles. The lowest BCUT2D eigenvalue weighted by Gasteiger charge is -2.19. The maximum atomic E-state index is 12.7. The number of fused-ring (bicyclic) bond motifs is 9. The standard InChI is InChI=1S/C49H44N2O7S/c1-49(2)42-10-5-6-11-43(42)51(4)44(49)15-14-32-22-36-25-34-9-7-8-33(45(34)52)24-35-20-31(13-12-30-16-18-50(3)19-17-30)21-37(46(35)53)26-39-28-41(59(56,57)58)29-40(48(39)55)27-38(23-32)47(36)54/h5-23,28-29H,24-27H2,1-4H3,(H3,52,55,56,57,58)/p+2. The van der Waals surface area contributed by atoms with Crippen LogP contribution in [0.15, 0.2) is 114 Å². The van der Waals surface area contributed by atoms with Crippen LogP contribution in [-0.4, -0.2) is 50.7 Å². The molecule has 0 saturated heterocycles. The fourth-order valence-electron chi connectivity index (χ4n) is 8.50. The average Bonchev–Trinajstić information content (AvgIpc) is 3.39. The minimum absolute atomic E-state index is 0.0452. The molecule has 0 atom stereocenters. The molecule has 5 aromatic carbocycles. The molecule has 0 spiro atoms. The second-order valence-corrected chi connectivity index (χ2v) is 17.5. The SMILES string of the molecule is C[N+]1=C(/C=C/c2cc3c(O)c(c2)Cc2cc(S(=O)(=O)O)cc(c2O)Cc2cc(/C=C/c4cc[n+](C)cc4)cc(c2O)Cc2cccc(c2O)C3)C(C)(C)c2ccccc21. The first-order valence-electron chi connectivity index (χ1n) is 19.4. The Labute approximate surface area is 344 Å². The molecule has 0 unspecified atom stereocenters. The first kappa shape index (κ1) is 39.3. The van der Waals surface area contributed by atoms with E-state index in [2.05, 4.69) is 36.6 Å². The van der Waals surface area contributed by atoms with E-state index in [0.717, 1.165) is 28.1 Å². The van der Waals surface area contributed by atoms with E-state index in [-0.39, 0.29) is 65.2 Å². The predicted octanol–water partition coefficient (Wildman–Crippen LogP) is 8.15. The predicted molar refractivity (Wildman–Crippen MR) is 229 cm³/mol. The lowest BCUT2D eigenvalue weighted by atomic mass is 9.81. The van der Waals surface area contributed by atoms with Crippen LogP contribution in [-0.2, 0) is 48.3 Å². The van der Waals surface area contributed by atoms with Crippen LogP contribution in [0.4, 0.5) is 5.69 Å². The maximum Gasteiger partial charge on any atom is 0.294 e. The first-order valence-corrected chi connectivity index (χ1v) is 20.8. The molecule has 10 heteroatoms. The van der Waals surface area contributed by atoms with Gasteiger partial charge in [0.15, 0.2) is 18.1 Å². The van der Waals surface area contributed by atoms with Crippen LogP contribution in [0.25, 0.3) is 18.2 Å². The summed E-state index contributed by atoms with van der Waals surface area (Å²) in [7, 11) is -0.773. The van der Waals surface area contributed by atoms with Crippen molar-refractivity contribution in [3.63, 3.8) is 0 Å². The second-order valence-electron chi connectivity index (χ2n) is 16.1. The van der Waals surface area contributed by atoms with Gasteiger partial charge in [-0.25, -0.2) is 4.57 Å². The summed E-state index contributed by atoms with van der Waals surface area (Å²) in [6, 6.07) is 27.3. The quantitative estimate of drug-likeness (QED) is 0.0874. The molecule has 0 amide bonds. The molecule has 5 N–H and O–H groups in total. The van der Waals surface area contributed by atoms with Crippen LogP contribution in [0.5, 0.6) is 23.0 Å². The number of allylic oxidation sites excluding steroid dienone is 1. The Balaban J connectivity index is 1.29. The Bertz CT molecular complexity index is 2890. The number of aromatic hydroxyl groups is 4. The zero-order valence-electron chi connectivity index (χ0n) is 33.3. The van der Waals surface area contributed by atoms with Crippen molar-refractivity contribution in [2.45, 2.75) is 49.8 Å². The van der Waals surface area contributed by atoms with Gasteiger partial charge >= 0.3 is 0 Å². The second kappa shape index (κ2) is 15.0. The number of hydrogen-bond donors (Lipinski definition) is 5. The van der Waals surface area contributed by atoms with Crippen LogP contribution in [0.3, 0.4) is 0 Å². The van der Waals surface area contributed by atoms with Crippen molar-refractivity contribution in [1.82, 2.24) is 0 Å². The zero-order chi connectivity index (χ0) is 41.8. The third kappa shape index (κ3) is 7.65. The molecular formula is C49H46N2O7S+2. The van der Waals surface area contributed by atoms with E-state index < -0.39 is 15.0 Å². The fourth-order valence-corrected chi connectivity index (χ4v) is 9.08. The summed E-state index contributed by atoms with van der Waals surface area (Å²) in [5.74, 6) is -0.317. The number of benzene rings is 5. The van der Waals surface area contributed by atoms with Gasteiger partial charge in [-0.15, -0.1) is 0 Å². The lowest BCUT2D eigenvalue weighted by Crippen LogP contribution is -2.26. The van der Waals surface area contributed by atoms with Gasteiger partial charge < -0.3 is 20.4 Å². The Morgan fingerprint density at radius 3 is 1.46 bits per heavy atom. The fraction of sp³-hybridized carbons (Fsp3) is 0.184. The Morgan fingerprint density at radius 2 is 0.966 bits per heavy atom. The molecule has 0 fully saturated rings. The van der Waals surface area contributed by atoms with Gasteiger partial charge in [0, 0.05) is 66.6 Å². The molecule has 0 saturated carbocycles. The normalized spacial score (nSPS) is 14.9. The molecule has 1 aliphatic heterocycles. The zero-order valence-corrected chi connectivity index (χ0v) is 34.1. The number of para-hydroxylation sites is 2. The van der Waals surface area contributed by atoms with Gasteiger partial charge in [0.1, 0.15) is 37.1 Å². The number of phenols is 4. The highest BCUT2D eigenvalue weighted by atomic mass is 32.2. The molecule has 298 valence electrons. The van der Waals surface area contributed by atoms with Crippen molar-refractivity contribution >= 4 is 39.7 Å². The summed E-state index contributed by atoms with van der Waals surface area (Å²) in [6.45, 7) is 4.35. The van der Waals surface area contributed by atoms with Crippen LogP contribution in [0.1, 0.15) is 80.6 Å². The van der Waals surface area contributed by atoms with Crippen molar-refractivity contribution in [2.24, 2.45) is 7.05 Å². The largest absolute Gasteiger partial charge is 0.507 e. The van der Waals surface area contributed by atoms with Gasteiger partial charge in [-0.05, 0) is 106 Å². The lowest BCUT2D eigenvalue weighted by molar-refractivity contribution is -0.671. The minimum atomic E-state index is -4.74. The van der Waals surface area contributed by atoms with Crippen molar-refractivity contribution in [3.8, 4) is 23.0 Å². The molecule has 0 radical (unpaired) electrons. The number of hydrogen-bond acceptors (Lipinski definition) is 6. The molecule has 59 heavy (non-hydrogen) atoms. The number of aromatic nitrogens is 1. The van der Waals surface area contributed by atoms with Gasteiger partial charge in [0.2, 0.25) is 5.69 Å². The smallest absolute Gasteiger partial charge is 0.294 e. The van der Waals surface area contributed by atoms with Crippen LogP contribution in [0.2, 0.25) is 0 Å². The number of aryl methyl sites for hydroxylation is 1. The summed E-state index contributed by atoms with van der Waals surface area (Å²) in [5.41, 5.74) is 8.77. The number of nitrogens with zero attached hydrogens (tertiary/aromatic N) is 2. The van der Waals surface area contributed by atoms with Crippen molar-refractivity contribution in [1.29, 1.82) is 0 Å². The van der Waals surface area contributed by atoms with Crippen molar-refractivity contribution in [3.05, 3.63) is 176 Å². The van der Waals surface area contributed by atoms with E-state index in [0.29, 0.717) is 33.4 Å². The van der Waals surface area contributed by atoms with E-state index in [1.165, 1.54) is 17.7 Å². The van der Waals surface area contributed by atoms with Gasteiger partial charge in [-0.1, -0.05) is 48.6 Å². The summed E-state index contributed by atoms with van der Waals surface area (Å²) in [4.78, 5) is -0.424. The summed E-state index contributed by atoms with van der Waals surface area (Å²) in [5, 5.41) is 47.3. The molecular weight excluding hydrogens is 761 g/mol. The summed E-state index contributed by atoms with van der Waals surface area (Å²) in [6.07, 6.45) is 11.8. The Morgan fingerprint density at radius 1 is 0.542 bits per heavy atom. The summed E-state index contributed by atoms with van der Waals surface area (Å²) >= 11 is 0. The van der Waals surface area contributed by atoms with Gasteiger partial charge in [-0.3, -0.25) is 4.55 Å². The summed E-state index contributed by atoms with van der Waals surface area (Å²) < 4.78 is 39.8. The van der Waals surface area contributed by atoms with Gasteiger partial charge in [-0.2, -0.15) is 13.0 Å². The van der Waals surface area contributed by atoms with E-state index in [4.69, 9.17) is 0 Å². The number of rotatable bonds is 5. The van der Waals surface area contributed by atoms with E-state index >= 15 is 0 Å². The highest BCUT2D eigenvalue weighted by molar-refractivity contribution is 7.85. The number of pyridine rings is 1. The highest BCUT2D eigenvalue weighted by Gasteiger charge is 2.42. The Kier molecular flexibility index (Phi) is 10.0. The van der Waals surface area contributed by atoms with E-state index in [1.807, 2.05) is 91.7 Å². The molecule has 9 nitrogen and oxygen atoms in total. The first-order chi connectivity index (χ1) is 28.1. The maximum absolute atomic E-state index is 12.7. The molecule has 1 aliphatic carbocycles. The van der Waals surface area contributed by atoms with Gasteiger partial charge in [0.05, 0.1) is 10.3 Å². The van der Waals surface area contributed by atoms with Crippen LogP contribution < -0.4 is 4.57 Å². The van der Waals surface area contributed by atoms with Crippen molar-refractivity contribution in [2.75, 3.05) is 7.05 Å². The third-order valence-corrected chi connectivity index (χ3v) is 12.5. The average molecular weight is 807 g/mol. The van der Waals surface area contributed by atoms with E-state index in [1.54, 1.807) is 24.3 Å². The van der Waals surface area contributed by atoms with Gasteiger partial charge in [0.25, 0.3) is 10.1 Å². The van der Waals surface area contributed by atoms with E-state index in [9.17, 15) is 33.4 Å². The molecule has 1 aromatic heterocycles. The molecule has 2 aliphatic rings. The van der Waals surface area contributed by atoms with Crippen LogP contribution in [0, 0.1) is 0 Å².